The fraction of sp³-hybridized carbons (Fsp3) is 0.588. The number of benzene rings is 1. The largest absolute Gasteiger partial charge is 0.367 e. The molecule has 21 heavy (non-hydrogen) atoms. The summed E-state index contributed by atoms with van der Waals surface area (Å²) < 4.78 is 14.2. The molecule has 0 saturated carbocycles. The van der Waals surface area contributed by atoms with Crippen molar-refractivity contribution in [1.29, 1.82) is 0 Å². The Morgan fingerprint density at radius 1 is 1.24 bits per heavy atom. The Balaban J connectivity index is 1.96. The maximum absolute atomic E-state index is 14.2. The predicted octanol–water partition coefficient (Wildman–Crippen LogP) is 3.39. The van der Waals surface area contributed by atoms with Gasteiger partial charge in [-0.3, -0.25) is 4.79 Å². The number of hydrogen-bond donors (Lipinski definition) is 1. The average molecular weight is 292 g/mol. The number of nitrogens with one attached hydrogen (secondary N) is 1. The maximum atomic E-state index is 14.2. The second-order valence-electron chi connectivity index (χ2n) is 5.64. The van der Waals surface area contributed by atoms with E-state index >= 15 is 0 Å². The van der Waals surface area contributed by atoms with Crippen molar-refractivity contribution in [2.45, 2.75) is 39.0 Å². The molecule has 0 amide bonds. The molecule has 0 atom stereocenters. The van der Waals surface area contributed by atoms with Crippen molar-refractivity contribution in [3.8, 4) is 0 Å². The number of ketones is 1. The number of hydrogen-bond acceptors (Lipinski definition) is 3. The van der Waals surface area contributed by atoms with Gasteiger partial charge in [0.1, 0.15) is 5.82 Å². The number of rotatable bonds is 7. The zero-order valence-corrected chi connectivity index (χ0v) is 12.8. The van der Waals surface area contributed by atoms with Crippen LogP contribution in [-0.4, -0.2) is 32.0 Å². The molecule has 0 aromatic heterocycles. The molecule has 0 bridgehead atoms. The molecule has 0 aliphatic carbocycles. The lowest BCUT2D eigenvalue weighted by Gasteiger charge is -2.29. The van der Waals surface area contributed by atoms with Crippen LogP contribution in [0.4, 0.5) is 10.1 Å². The lowest BCUT2D eigenvalue weighted by molar-refractivity contribution is 0.0978. The molecule has 116 valence electrons. The second kappa shape index (κ2) is 8.13. The molecule has 1 heterocycles. The van der Waals surface area contributed by atoms with E-state index in [1.807, 2.05) is 4.90 Å². The molecule has 2 rings (SSSR count). The summed E-state index contributed by atoms with van der Waals surface area (Å²) in [6.45, 7) is 5.50. The van der Waals surface area contributed by atoms with Gasteiger partial charge < -0.3 is 10.2 Å². The number of halogens is 1. The molecule has 3 nitrogen and oxygen atoms in total. The topological polar surface area (TPSA) is 32.3 Å². The van der Waals surface area contributed by atoms with Crippen molar-refractivity contribution in [2.75, 3.05) is 31.1 Å². The Kier molecular flexibility index (Phi) is 6.18. The third-order valence-electron chi connectivity index (χ3n) is 3.98. The number of carbonyl (C=O) groups is 1. The van der Waals surface area contributed by atoms with Gasteiger partial charge in [0.05, 0.1) is 5.69 Å². The number of unbranched alkanes of at least 4 members (excludes halogenated alkanes) is 3. The lowest BCUT2D eigenvalue weighted by Crippen LogP contribution is -2.43. The van der Waals surface area contributed by atoms with Crippen LogP contribution in [0.15, 0.2) is 18.2 Å². The Labute approximate surface area is 126 Å². The second-order valence-corrected chi connectivity index (χ2v) is 5.64. The Morgan fingerprint density at radius 2 is 2.00 bits per heavy atom. The van der Waals surface area contributed by atoms with E-state index in [1.54, 1.807) is 12.1 Å². The van der Waals surface area contributed by atoms with Crippen molar-refractivity contribution in [2.24, 2.45) is 0 Å². The van der Waals surface area contributed by atoms with Gasteiger partial charge in [0.2, 0.25) is 0 Å². The van der Waals surface area contributed by atoms with E-state index in [4.69, 9.17) is 0 Å². The fourth-order valence-electron chi connectivity index (χ4n) is 2.70. The van der Waals surface area contributed by atoms with Gasteiger partial charge in [-0.25, -0.2) is 4.39 Å². The van der Waals surface area contributed by atoms with Gasteiger partial charge in [-0.2, -0.15) is 0 Å². The SMILES string of the molecule is CCCCCCC(=O)c1ccc(N2CCNCC2)c(F)c1. The van der Waals surface area contributed by atoms with Crippen LogP contribution < -0.4 is 10.2 Å². The van der Waals surface area contributed by atoms with E-state index in [0.717, 1.165) is 51.9 Å². The molecule has 0 unspecified atom stereocenters. The molecule has 1 aliphatic heterocycles. The normalized spacial score (nSPS) is 15.2. The minimum Gasteiger partial charge on any atom is -0.367 e. The Hall–Kier alpha value is -1.42. The first-order chi connectivity index (χ1) is 10.2. The third-order valence-corrected chi connectivity index (χ3v) is 3.98. The number of anilines is 1. The monoisotopic (exact) mass is 292 g/mol. The first kappa shape index (κ1) is 16.0. The molecule has 1 fully saturated rings. The van der Waals surface area contributed by atoms with E-state index in [-0.39, 0.29) is 11.6 Å². The van der Waals surface area contributed by atoms with Crippen molar-refractivity contribution in [3.05, 3.63) is 29.6 Å². The molecule has 0 spiro atoms. The van der Waals surface area contributed by atoms with E-state index < -0.39 is 0 Å². The van der Waals surface area contributed by atoms with Crippen molar-refractivity contribution in [3.63, 3.8) is 0 Å². The van der Waals surface area contributed by atoms with E-state index in [2.05, 4.69) is 12.2 Å². The molecule has 1 N–H and O–H groups in total. The highest BCUT2D eigenvalue weighted by atomic mass is 19.1. The summed E-state index contributed by atoms with van der Waals surface area (Å²) in [6, 6.07) is 4.92. The number of Topliss-reactive ketones (excluding diaryl/α,β-unsaturated/α-hetero) is 1. The molecule has 1 aromatic rings. The smallest absolute Gasteiger partial charge is 0.162 e. The summed E-state index contributed by atoms with van der Waals surface area (Å²) in [5.41, 5.74) is 1.11. The van der Waals surface area contributed by atoms with Crippen LogP contribution in [0.5, 0.6) is 0 Å². The summed E-state index contributed by atoms with van der Waals surface area (Å²) in [5, 5.41) is 3.25. The van der Waals surface area contributed by atoms with E-state index in [9.17, 15) is 9.18 Å². The zero-order valence-electron chi connectivity index (χ0n) is 12.8. The van der Waals surface area contributed by atoms with Gasteiger partial charge in [-0.1, -0.05) is 26.2 Å². The van der Waals surface area contributed by atoms with Gasteiger partial charge in [0, 0.05) is 38.2 Å². The molecule has 0 radical (unpaired) electrons. The third kappa shape index (κ3) is 4.53. The summed E-state index contributed by atoms with van der Waals surface area (Å²) in [6.07, 6.45) is 4.80. The summed E-state index contributed by atoms with van der Waals surface area (Å²) in [5.74, 6) is -0.229. The first-order valence-electron chi connectivity index (χ1n) is 8.00. The van der Waals surface area contributed by atoms with Gasteiger partial charge in [0.15, 0.2) is 5.78 Å². The van der Waals surface area contributed by atoms with Crippen LogP contribution in [0, 0.1) is 5.82 Å². The van der Waals surface area contributed by atoms with Crippen molar-refractivity contribution >= 4 is 11.5 Å². The average Bonchev–Trinajstić information content (AvgIpc) is 2.52. The standard InChI is InChI=1S/C17H25FN2O/c1-2-3-4-5-6-17(21)14-7-8-16(15(18)13-14)20-11-9-19-10-12-20/h7-8,13,19H,2-6,9-12H2,1H3. The van der Waals surface area contributed by atoms with Gasteiger partial charge in [-0.15, -0.1) is 0 Å². The summed E-state index contributed by atoms with van der Waals surface area (Å²) in [4.78, 5) is 14.1. The molecule has 1 aromatic carbocycles. The van der Waals surface area contributed by atoms with Crippen LogP contribution in [0.3, 0.4) is 0 Å². The highest BCUT2D eigenvalue weighted by molar-refractivity contribution is 5.96. The Bertz CT molecular complexity index is 470. The molecule has 1 aliphatic rings. The van der Waals surface area contributed by atoms with E-state index in [0.29, 0.717) is 17.7 Å². The van der Waals surface area contributed by atoms with Crippen LogP contribution in [0.1, 0.15) is 49.4 Å². The highest BCUT2D eigenvalue weighted by Crippen LogP contribution is 2.22. The summed E-state index contributed by atoms with van der Waals surface area (Å²) in [7, 11) is 0. The highest BCUT2D eigenvalue weighted by Gasteiger charge is 2.16. The predicted molar refractivity (Wildman–Crippen MR) is 84.6 cm³/mol. The van der Waals surface area contributed by atoms with Gasteiger partial charge >= 0.3 is 0 Å². The lowest BCUT2D eigenvalue weighted by atomic mass is 10.0. The van der Waals surface area contributed by atoms with Crippen molar-refractivity contribution in [1.82, 2.24) is 5.32 Å². The van der Waals surface area contributed by atoms with Crippen LogP contribution in [-0.2, 0) is 0 Å². The number of piperazine rings is 1. The van der Waals surface area contributed by atoms with Crippen molar-refractivity contribution < 1.29 is 9.18 Å². The van der Waals surface area contributed by atoms with Crippen LogP contribution in [0.25, 0.3) is 0 Å². The molecule has 4 heteroatoms. The van der Waals surface area contributed by atoms with Gasteiger partial charge in [-0.05, 0) is 24.6 Å². The minimum atomic E-state index is -0.281. The van der Waals surface area contributed by atoms with Gasteiger partial charge in [0.25, 0.3) is 0 Å². The minimum absolute atomic E-state index is 0.0527. The molecule has 1 saturated heterocycles. The molecular formula is C17H25FN2O. The number of nitrogens with zero attached hydrogens (tertiary/aromatic N) is 1. The fourth-order valence-corrected chi connectivity index (χ4v) is 2.70. The molecular weight excluding hydrogens is 267 g/mol. The quantitative estimate of drug-likeness (QED) is 0.617. The first-order valence-corrected chi connectivity index (χ1v) is 8.00. The maximum Gasteiger partial charge on any atom is 0.162 e. The number of carbonyl (C=O) groups excluding carboxylic acids is 1. The van der Waals surface area contributed by atoms with Crippen LogP contribution >= 0.6 is 0 Å². The Morgan fingerprint density at radius 3 is 2.67 bits per heavy atom. The van der Waals surface area contributed by atoms with Crippen LogP contribution in [0.2, 0.25) is 0 Å². The summed E-state index contributed by atoms with van der Waals surface area (Å²) >= 11 is 0. The van der Waals surface area contributed by atoms with E-state index in [1.165, 1.54) is 6.07 Å². The zero-order chi connectivity index (χ0) is 15.1.